The van der Waals surface area contributed by atoms with E-state index in [1.165, 1.54) is 79.3 Å². The molecule has 0 unspecified atom stereocenters. The van der Waals surface area contributed by atoms with Crippen molar-refractivity contribution in [3.8, 4) is 0 Å². The zero-order valence-corrected chi connectivity index (χ0v) is 22.8. The van der Waals surface area contributed by atoms with E-state index in [0.29, 0.717) is 6.42 Å². The van der Waals surface area contributed by atoms with E-state index in [4.69, 9.17) is 5.11 Å². The third kappa shape index (κ3) is 19.9. The van der Waals surface area contributed by atoms with Crippen molar-refractivity contribution >= 4 is 9.04 Å². The Morgan fingerprint density at radius 1 is 0.769 bits per heavy atom. The molecule has 0 radical (unpaired) electrons. The van der Waals surface area contributed by atoms with Crippen LogP contribution in [-0.2, 0) is 30.9 Å². The summed E-state index contributed by atoms with van der Waals surface area (Å²) < 4.78 is 1.52. The summed E-state index contributed by atoms with van der Waals surface area (Å²) in [4.78, 5) is 10.3. The topological polar surface area (TPSA) is 37.3 Å². The Kier molecular flexibility index (Phi) is 19.1. The minimum absolute atomic E-state index is 0.345. The maximum atomic E-state index is 10.3. The van der Waals surface area contributed by atoms with E-state index >= 15 is 0 Å². The standard InChI is InChI=1S/C16H32O2.C7H7.Hg/c1-2-3-4-5-6-7-8-9-10-11-12-13-14-15-16(17)18;1-7-5-3-2-4-6-7;/h2-15H2,1H3,(H,17,18);3-6H,1H3;. The van der Waals surface area contributed by atoms with Crippen LogP contribution < -0.4 is 3.07 Å². The molecule has 1 aromatic rings. The van der Waals surface area contributed by atoms with Crippen molar-refractivity contribution in [2.24, 2.45) is 0 Å². The van der Waals surface area contributed by atoms with Gasteiger partial charge in [-0.1, -0.05) is 84.0 Å². The van der Waals surface area contributed by atoms with Gasteiger partial charge in [0, 0.05) is 6.42 Å². The predicted octanol–water partition coefficient (Wildman–Crippen LogP) is 6.72. The van der Waals surface area contributed by atoms with Crippen molar-refractivity contribution in [1.29, 1.82) is 0 Å². The van der Waals surface area contributed by atoms with E-state index in [-0.39, 0.29) is 0 Å². The summed E-state index contributed by atoms with van der Waals surface area (Å²) in [6, 6.07) is 8.75. The van der Waals surface area contributed by atoms with Crippen molar-refractivity contribution in [2.75, 3.05) is 0 Å². The fourth-order valence-corrected chi connectivity index (χ4v) is 3.80. The normalized spacial score (nSPS) is 10.3. The second-order valence-corrected chi connectivity index (χ2v) is 10.5. The molecule has 1 rings (SSSR count). The Bertz CT molecular complexity index is 407. The van der Waals surface area contributed by atoms with Gasteiger partial charge in [-0.15, -0.1) is 0 Å². The van der Waals surface area contributed by atoms with Gasteiger partial charge in [0.15, 0.2) is 0 Å². The quantitative estimate of drug-likeness (QED) is 0.207. The van der Waals surface area contributed by atoms with Gasteiger partial charge < -0.3 is 5.11 Å². The van der Waals surface area contributed by atoms with Gasteiger partial charge in [0.05, 0.1) is 0 Å². The summed E-state index contributed by atoms with van der Waals surface area (Å²) in [6.07, 6.45) is 17.3. The van der Waals surface area contributed by atoms with Crippen LogP contribution in [0.25, 0.3) is 0 Å². The summed E-state index contributed by atoms with van der Waals surface area (Å²) >= 11 is 0.802. The van der Waals surface area contributed by atoms with Gasteiger partial charge in [-0.2, -0.15) is 0 Å². The Morgan fingerprint density at radius 2 is 1.15 bits per heavy atom. The monoisotopic (exact) mass is 549 g/mol. The summed E-state index contributed by atoms with van der Waals surface area (Å²) in [7, 11) is 0. The van der Waals surface area contributed by atoms with E-state index in [0.717, 1.165) is 39.0 Å². The van der Waals surface area contributed by atoms with Crippen molar-refractivity contribution in [3.63, 3.8) is 0 Å². The van der Waals surface area contributed by atoms with E-state index in [1.807, 2.05) is 0 Å². The number of carboxylic acids is 1. The maximum absolute atomic E-state index is 10.3. The molecule has 0 aliphatic heterocycles. The Labute approximate surface area is 178 Å². The van der Waals surface area contributed by atoms with Crippen molar-refractivity contribution in [1.82, 2.24) is 0 Å². The SMILES string of the molecule is CCCCCCCCCCCCCCCC(=O)O.Cc1cc[c]([Hg])cc1. The first-order valence-corrected chi connectivity index (χ1v) is 13.4. The van der Waals surface area contributed by atoms with Crippen LogP contribution in [0.4, 0.5) is 0 Å². The molecule has 26 heavy (non-hydrogen) atoms. The average Bonchev–Trinajstić information content (AvgIpc) is 2.62. The molecule has 0 atom stereocenters. The molecule has 1 aromatic carbocycles. The number of benzene rings is 1. The summed E-state index contributed by atoms with van der Waals surface area (Å²) in [5.74, 6) is -0.655. The number of unbranched alkanes of at least 4 members (excludes halogenated alkanes) is 12. The molecule has 1 N–H and O–H groups in total. The molecule has 0 fully saturated rings. The number of hydrogen-bond donors (Lipinski definition) is 1. The summed E-state index contributed by atoms with van der Waals surface area (Å²) in [5, 5.41) is 8.49. The Morgan fingerprint density at radius 3 is 1.50 bits per heavy atom. The Balaban J connectivity index is 0.000000642. The minimum atomic E-state index is -0.655. The zero-order chi connectivity index (χ0) is 19.5. The zero-order valence-electron chi connectivity index (χ0n) is 17.3. The second-order valence-electron chi connectivity index (χ2n) is 7.37. The number of aryl methyl sites for hydroxylation is 1. The van der Waals surface area contributed by atoms with Gasteiger partial charge in [0.25, 0.3) is 0 Å². The summed E-state index contributed by atoms with van der Waals surface area (Å²) in [6.45, 7) is 4.38. The molecule has 0 aliphatic rings. The van der Waals surface area contributed by atoms with Crippen molar-refractivity contribution < 1.29 is 36.0 Å². The molecule has 0 bridgehead atoms. The average molecular weight is 548 g/mol. The molecule has 0 amide bonds. The fourth-order valence-electron chi connectivity index (χ4n) is 2.88. The molecular formula is C23H39HgO2. The molecular weight excluding hydrogens is 509 g/mol. The number of carbonyl (C=O) groups is 1. The number of carboxylic acid groups (broad SMARTS) is 1. The molecule has 0 spiro atoms. The number of aliphatic carboxylic acids is 1. The molecule has 145 valence electrons. The van der Waals surface area contributed by atoms with Gasteiger partial charge in [-0.05, 0) is 6.42 Å². The van der Waals surface area contributed by atoms with Crippen LogP contribution in [0.5, 0.6) is 0 Å². The number of rotatable bonds is 14. The van der Waals surface area contributed by atoms with Gasteiger partial charge >= 0.3 is 71.9 Å². The van der Waals surface area contributed by atoms with Gasteiger partial charge in [-0.25, -0.2) is 0 Å². The first kappa shape index (κ1) is 25.6. The van der Waals surface area contributed by atoms with Crippen LogP contribution in [-0.4, -0.2) is 11.1 Å². The van der Waals surface area contributed by atoms with E-state index in [2.05, 4.69) is 38.1 Å². The van der Waals surface area contributed by atoms with Crippen LogP contribution in [0.3, 0.4) is 0 Å². The third-order valence-corrected chi connectivity index (χ3v) is 6.45. The molecule has 0 heterocycles. The van der Waals surface area contributed by atoms with Crippen LogP contribution >= 0.6 is 0 Å². The van der Waals surface area contributed by atoms with Crippen LogP contribution in [0.15, 0.2) is 24.3 Å². The molecule has 0 saturated carbocycles. The van der Waals surface area contributed by atoms with E-state index in [9.17, 15) is 4.79 Å². The van der Waals surface area contributed by atoms with E-state index < -0.39 is 5.97 Å². The first-order valence-electron chi connectivity index (χ1n) is 10.7. The first-order chi connectivity index (χ1) is 12.6. The molecule has 0 saturated heterocycles. The molecule has 0 aromatic heterocycles. The van der Waals surface area contributed by atoms with Crippen molar-refractivity contribution in [3.05, 3.63) is 29.8 Å². The third-order valence-electron chi connectivity index (χ3n) is 4.61. The van der Waals surface area contributed by atoms with Crippen LogP contribution in [0.2, 0.25) is 0 Å². The van der Waals surface area contributed by atoms with Gasteiger partial charge in [0.1, 0.15) is 0 Å². The second kappa shape index (κ2) is 19.4. The van der Waals surface area contributed by atoms with Crippen LogP contribution in [0.1, 0.15) is 102 Å². The predicted molar refractivity (Wildman–Crippen MR) is 109 cm³/mol. The summed E-state index contributed by atoms with van der Waals surface area (Å²) in [5.41, 5.74) is 1.36. The number of hydrogen-bond acceptors (Lipinski definition) is 1. The Hall–Kier alpha value is -0.375. The fraction of sp³-hybridized carbons (Fsp3) is 0.696. The molecule has 2 nitrogen and oxygen atoms in total. The molecule has 0 aliphatic carbocycles. The van der Waals surface area contributed by atoms with Crippen molar-refractivity contribution in [2.45, 2.75) is 104 Å². The van der Waals surface area contributed by atoms with Gasteiger partial charge in [-0.3, -0.25) is 4.79 Å². The van der Waals surface area contributed by atoms with Crippen LogP contribution in [0, 0.1) is 6.92 Å². The van der Waals surface area contributed by atoms with E-state index in [1.54, 1.807) is 0 Å². The molecule has 3 heteroatoms. The van der Waals surface area contributed by atoms with Gasteiger partial charge in [0.2, 0.25) is 0 Å².